The van der Waals surface area contributed by atoms with Gasteiger partial charge in [-0.2, -0.15) is 0 Å². The summed E-state index contributed by atoms with van der Waals surface area (Å²) in [4.78, 5) is 11.4. The maximum absolute atomic E-state index is 11.4. The summed E-state index contributed by atoms with van der Waals surface area (Å²) in [7, 11) is 0. The van der Waals surface area contributed by atoms with Crippen molar-refractivity contribution in [2.24, 2.45) is 0 Å². The molecule has 0 atom stereocenters. The van der Waals surface area contributed by atoms with Crippen molar-refractivity contribution in [3.8, 4) is 5.75 Å². The van der Waals surface area contributed by atoms with Crippen molar-refractivity contribution in [1.82, 2.24) is 0 Å². The predicted molar refractivity (Wildman–Crippen MR) is 59.8 cm³/mol. The molecule has 0 heterocycles. The number of carbonyl (C=O) groups is 1. The fourth-order valence-electron chi connectivity index (χ4n) is 1.09. The molecule has 1 rings (SSSR count). The van der Waals surface area contributed by atoms with E-state index in [1.165, 1.54) is 6.08 Å². The van der Waals surface area contributed by atoms with E-state index in [9.17, 15) is 4.79 Å². The van der Waals surface area contributed by atoms with Crippen molar-refractivity contribution in [2.75, 3.05) is 6.61 Å². The van der Waals surface area contributed by atoms with Crippen molar-refractivity contribution in [3.63, 3.8) is 0 Å². The SMILES string of the molecule is C=CC(=O)c1cc(Br)ccc1OCC. The Morgan fingerprint density at radius 3 is 2.93 bits per heavy atom. The molecule has 0 aliphatic heterocycles. The lowest BCUT2D eigenvalue weighted by atomic mass is 10.1. The van der Waals surface area contributed by atoms with Crippen LogP contribution < -0.4 is 4.74 Å². The second kappa shape index (κ2) is 4.96. The fraction of sp³-hybridized carbons (Fsp3) is 0.182. The molecule has 0 aliphatic carbocycles. The van der Waals surface area contributed by atoms with Gasteiger partial charge in [-0.15, -0.1) is 0 Å². The Balaban J connectivity index is 3.14. The minimum Gasteiger partial charge on any atom is -0.493 e. The van der Waals surface area contributed by atoms with Gasteiger partial charge < -0.3 is 4.74 Å². The van der Waals surface area contributed by atoms with Crippen molar-refractivity contribution < 1.29 is 9.53 Å². The first-order chi connectivity index (χ1) is 6.69. The third kappa shape index (κ3) is 2.45. The second-order valence-corrected chi connectivity index (χ2v) is 3.56. The molecule has 3 heteroatoms. The number of ketones is 1. The molecule has 0 N–H and O–H groups in total. The lowest BCUT2D eigenvalue weighted by Gasteiger charge is -2.07. The average molecular weight is 255 g/mol. The maximum Gasteiger partial charge on any atom is 0.189 e. The number of hydrogen-bond acceptors (Lipinski definition) is 2. The van der Waals surface area contributed by atoms with E-state index < -0.39 is 0 Å². The van der Waals surface area contributed by atoms with Gasteiger partial charge in [-0.05, 0) is 31.2 Å². The van der Waals surface area contributed by atoms with Crippen LogP contribution in [0.15, 0.2) is 35.3 Å². The van der Waals surface area contributed by atoms with E-state index in [4.69, 9.17) is 4.74 Å². The van der Waals surface area contributed by atoms with E-state index in [-0.39, 0.29) is 5.78 Å². The molecule has 2 nitrogen and oxygen atoms in total. The van der Waals surface area contributed by atoms with E-state index in [1.807, 2.05) is 13.0 Å². The number of benzene rings is 1. The molecule has 0 fully saturated rings. The average Bonchev–Trinajstić information content (AvgIpc) is 2.20. The minimum absolute atomic E-state index is 0.130. The summed E-state index contributed by atoms with van der Waals surface area (Å²) in [6.07, 6.45) is 1.28. The van der Waals surface area contributed by atoms with Gasteiger partial charge in [0.1, 0.15) is 5.75 Å². The van der Waals surface area contributed by atoms with Gasteiger partial charge >= 0.3 is 0 Å². The first-order valence-electron chi connectivity index (χ1n) is 4.28. The molecule has 0 radical (unpaired) electrons. The smallest absolute Gasteiger partial charge is 0.189 e. The lowest BCUT2D eigenvalue weighted by Crippen LogP contribution is -2.01. The van der Waals surface area contributed by atoms with E-state index in [0.29, 0.717) is 17.9 Å². The molecule has 0 saturated carbocycles. The van der Waals surface area contributed by atoms with Crippen LogP contribution in [0.4, 0.5) is 0 Å². The van der Waals surface area contributed by atoms with Gasteiger partial charge in [-0.25, -0.2) is 0 Å². The summed E-state index contributed by atoms with van der Waals surface area (Å²) >= 11 is 3.30. The third-order valence-electron chi connectivity index (χ3n) is 1.69. The van der Waals surface area contributed by atoms with Gasteiger partial charge in [0.05, 0.1) is 12.2 Å². The van der Waals surface area contributed by atoms with Gasteiger partial charge in [-0.1, -0.05) is 22.5 Å². The minimum atomic E-state index is -0.130. The lowest BCUT2D eigenvalue weighted by molar-refractivity contribution is 0.104. The Morgan fingerprint density at radius 2 is 2.36 bits per heavy atom. The van der Waals surface area contributed by atoms with E-state index in [0.717, 1.165) is 4.47 Å². The molecule has 0 aliphatic rings. The summed E-state index contributed by atoms with van der Waals surface area (Å²) in [5, 5.41) is 0. The Morgan fingerprint density at radius 1 is 1.64 bits per heavy atom. The molecule has 1 aromatic rings. The van der Waals surface area contributed by atoms with Crippen LogP contribution in [0.3, 0.4) is 0 Å². The molecule has 0 amide bonds. The third-order valence-corrected chi connectivity index (χ3v) is 2.19. The zero-order chi connectivity index (χ0) is 10.6. The highest BCUT2D eigenvalue weighted by molar-refractivity contribution is 9.10. The molecule has 0 aromatic heterocycles. The summed E-state index contributed by atoms with van der Waals surface area (Å²) in [5.41, 5.74) is 0.538. The van der Waals surface area contributed by atoms with Crippen molar-refractivity contribution >= 4 is 21.7 Å². The number of halogens is 1. The highest BCUT2D eigenvalue weighted by atomic mass is 79.9. The van der Waals surface area contributed by atoms with Crippen LogP contribution in [-0.4, -0.2) is 12.4 Å². The quantitative estimate of drug-likeness (QED) is 0.610. The van der Waals surface area contributed by atoms with Crippen LogP contribution in [0.25, 0.3) is 0 Å². The Bertz CT molecular complexity index is 358. The Hall–Kier alpha value is -1.09. The molecule has 0 bridgehead atoms. The van der Waals surface area contributed by atoms with E-state index >= 15 is 0 Å². The van der Waals surface area contributed by atoms with Crippen LogP contribution in [0.2, 0.25) is 0 Å². The molecule has 14 heavy (non-hydrogen) atoms. The summed E-state index contributed by atoms with van der Waals surface area (Å²) in [6.45, 7) is 5.87. The highest BCUT2D eigenvalue weighted by Crippen LogP contribution is 2.23. The molecule has 0 unspecified atom stereocenters. The maximum atomic E-state index is 11.4. The number of rotatable bonds is 4. The number of allylic oxidation sites excluding steroid dienone is 1. The van der Waals surface area contributed by atoms with Gasteiger partial charge in [-0.3, -0.25) is 4.79 Å². The van der Waals surface area contributed by atoms with Gasteiger partial charge in [0, 0.05) is 4.47 Å². The Kier molecular flexibility index (Phi) is 3.89. The van der Waals surface area contributed by atoms with E-state index in [2.05, 4.69) is 22.5 Å². The predicted octanol–water partition coefficient (Wildman–Crippen LogP) is 3.22. The summed E-state index contributed by atoms with van der Waals surface area (Å²) < 4.78 is 6.18. The molecular weight excluding hydrogens is 244 g/mol. The zero-order valence-corrected chi connectivity index (χ0v) is 9.50. The summed E-state index contributed by atoms with van der Waals surface area (Å²) in [5.74, 6) is 0.468. The fourth-order valence-corrected chi connectivity index (χ4v) is 1.45. The number of hydrogen-bond donors (Lipinski definition) is 0. The van der Waals surface area contributed by atoms with Gasteiger partial charge in [0.15, 0.2) is 5.78 Å². The van der Waals surface area contributed by atoms with E-state index in [1.54, 1.807) is 12.1 Å². The molecular formula is C11H11BrO2. The number of carbonyl (C=O) groups excluding carboxylic acids is 1. The normalized spacial score (nSPS) is 9.57. The zero-order valence-electron chi connectivity index (χ0n) is 7.92. The Labute approximate surface area is 91.7 Å². The molecule has 0 saturated heterocycles. The monoisotopic (exact) mass is 254 g/mol. The second-order valence-electron chi connectivity index (χ2n) is 2.64. The van der Waals surface area contributed by atoms with Crippen LogP contribution in [-0.2, 0) is 0 Å². The first kappa shape index (κ1) is 11.0. The van der Waals surface area contributed by atoms with Crippen LogP contribution in [0.5, 0.6) is 5.75 Å². The van der Waals surface area contributed by atoms with Crippen molar-refractivity contribution in [1.29, 1.82) is 0 Å². The standard InChI is InChI=1S/C11H11BrO2/c1-3-10(13)9-7-8(12)5-6-11(9)14-4-2/h3,5-7H,1,4H2,2H3. The van der Waals surface area contributed by atoms with Gasteiger partial charge in [0.25, 0.3) is 0 Å². The van der Waals surface area contributed by atoms with Crippen LogP contribution in [0.1, 0.15) is 17.3 Å². The first-order valence-corrected chi connectivity index (χ1v) is 5.07. The van der Waals surface area contributed by atoms with Crippen LogP contribution >= 0.6 is 15.9 Å². The molecule has 1 aromatic carbocycles. The highest BCUT2D eigenvalue weighted by Gasteiger charge is 2.09. The summed E-state index contributed by atoms with van der Waals surface area (Å²) in [6, 6.07) is 5.34. The largest absolute Gasteiger partial charge is 0.493 e. The van der Waals surface area contributed by atoms with Crippen LogP contribution in [0, 0.1) is 0 Å². The molecule has 74 valence electrons. The molecule has 0 spiro atoms. The number of ether oxygens (including phenoxy) is 1. The van der Waals surface area contributed by atoms with Crippen molar-refractivity contribution in [2.45, 2.75) is 6.92 Å². The van der Waals surface area contributed by atoms with Crippen molar-refractivity contribution in [3.05, 3.63) is 40.9 Å². The van der Waals surface area contributed by atoms with Gasteiger partial charge in [0.2, 0.25) is 0 Å². The topological polar surface area (TPSA) is 26.3 Å².